The Morgan fingerprint density at radius 3 is 2.57 bits per heavy atom. The van der Waals surface area contributed by atoms with Gasteiger partial charge in [0.25, 0.3) is 0 Å². The maximum absolute atomic E-state index is 11.8. The Hall–Kier alpha value is -3.61. The molecule has 2 rings (SSSR count). The highest BCUT2D eigenvalue weighted by molar-refractivity contribution is 6.35. The van der Waals surface area contributed by atoms with Crippen LogP contribution >= 0.6 is 0 Å². The molecule has 0 unspecified atom stereocenters. The number of nitrogens with one attached hydrogen (secondary N) is 2. The van der Waals surface area contributed by atoms with Crippen molar-refractivity contribution in [3.63, 3.8) is 0 Å². The molecule has 28 heavy (non-hydrogen) atoms. The zero-order chi connectivity index (χ0) is 20.2. The number of rotatable bonds is 9. The van der Waals surface area contributed by atoms with Crippen LogP contribution in [0.4, 0.5) is 0 Å². The number of carbonyl (C=O) groups excluding carboxylic acids is 2. The van der Waals surface area contributed by atoms with Gasteiger partial charge in [0.15, 0.2) is 11.5 Å². The Bertz CT molecular complexity index is 835. The molecule has 0 saturated carbocycles. The summed E-state index contributed by atoms with van der Waals surface area (Å²) in [5.41, 5.74) is 3.78. The molecule has 0 atom stereocenters. The highest BCUT2D eigenvalue weighted by Gasteiger charge is 2.12. The van der Waals surface area contributed by atoms with Gasteiger partial charge in [0, 0.05) is 6.54 Å². The van der Waals surface area contributed by atoms with E-state index in [1.165, 1.54) is 6.21 Å². The van der Waals surface area contributed by atoms with Crippen LogP contribution in [0.15, 0.2) is 66.3 Å². The van der Waals surface area contributed by atoms with Crippen LogP contribution in [-0.4, -0.2) is 31.2 Å². The number of hydrazone groups is 1. The molecule has 0 radical (unpaired) electrons. The van der Waals surface area contributed by atoms with Gasteiger partial charge in [-0.05, 0) is 36.2 Å². The summed E-state index contributed by atoms with van der Waals surface area (Å²) in [5, 5.41) is 6.34. The van der Waals surface area contributed by atoms with E-state index >= 15 is 0 Å². The molecule has 7 nitrogen and oxygen atoms in total. The fraction of sp³-hybridized carbons (Fsp3) is 0.190. The molecule has 0 aliphatic rings. The van der Waals surface area contributed by atoms with E-state index < -0.39 is 11.8 Å². The number of ether oxygens (including phenoxy) is 2. The third kappa shape index (κ3) is 6.60. The largest absolute Gasteiger partial charge is 0.490 e. The van der Waals surface area contributed by atoms with Crippen LogP contribution in [0.5, 0.6) is 11.5 Å². The second-order valence-electron chi connectivity index (χ2n) is 5.61. The van der Waals surface area contributed by atoms with E-state index in [4.69, 9.17) is 9.47 Å². The summed E-state index contributed by atoms with van der Waals surface area (Å²) in [6, 6.07) is 14.5. The minimum Gasteiger partial charge on any atom is -0.490 e. The zero-order valence-electron chi connectivity index (χ0n) is 15.7. The van der Waals surface area contributed by atoms with E-state index in [1.807, 2.05) is 37.3 Å². The van der Waals surface area contributed by atoms with Crippen LogP contribution < -0.4 is 20.2 Å². The quantitative estimate of drug-likeness (QED) is 0.302. The van der Waals surface area contributed by atoms with E-state index in [0.29, 0.717) is 30.3 Å². The number of hydrogen-bond donors (Lipinski definition) is 2. The lowest BCUT2D eigenvalue weighted by Crippen LogP contribution is -2.37. The lowest BCUT2D eigenvalue weighted by atomic mass is 10.2. The van der Waals surface area contributed by atoms with Gasteiger partial charge >= 0.3 is 11.8 Å². The van der Waals surface area contributed by atoms with Crippen molar-refractivity contribution < 1.29 is 19.1 Å². The molecule has 2 amide bonds. The SMILES string of the molecule is C=CCOc1ccc(/C=N/NC(=O)C(=O)NCc2ccccc2)cc1OCC. The predicted octanol–water partition coefficient (Wildman–Crippen LogP) is 2.42. The summed E-state index contributed by atoms with van der Waals surface area (Å²) in [6.45, 7) is 6.58. The molecule has 0 fully saturated rings. The van der Waals surface area contributed by atoms with Gasteiger partial charge in [-0.15, -0.1) is 0 Å². The van der Waals surface area contributed by atoms with E-state index in [-0.39, 0.29) is 6.54 Å². The molecule has 0 aliphatic carbocycles. The van der Waals surface area contributed by atoms with Crippen molar-refractivity contribution in [1.82, 2.24) is 10.7 Å². The third-order valence-electron chi connectivity index (χ3n) is 3.51. The summed E-state index contributed by atoms with van der Waals surface area (Å²) in [6.07, 6.45) is 3.06. The van der Waals surface area contributed by atoms with Crippen molar-refractivity contribution in [3.8, 4) is 11.5 Å². The molecule has 2 aromatic carbocycles. The first-order valence-electron chi connectivity index (χ1n) is 8.79. The van der Waals surface area contributed by atoms with Crippen molar-refractivity contribution in [3.05, 3.63) is 72.3 Å². The number of nitrogens with zero attached hydrogens (tertiary/aromatic N) is 1. The molecular formula is C21H23N3O4. The standard InChI is InChI=1S/C21H23N3O4/c1-3-12-28-18-11-10-17(13-19(18)27-4-2)15-23-24-21(26)20(25)22-14-16-8-6-5-7-9-16/h3,5-11,13,15H,1,4,12,14H2,2H3,(H,22,25)(H,24,26)/b23-15+. The van der Waals surface area contributed by atoms with Crippen molar-refractivity contribution in [2.45, 2.75) is 13.5 Å². The van der Waals surface area contributed by atoms with Crippen molar-refractivity contribution in [1.29, 1.82) is 0 Å². The molecule has 7 heteroatoms. The predicted molar refractivity (Wildman–Crippen MR) is 107 cm³/mol. The molecule has 0 aromatic heterocycles. The fourth-order valence-corrected chi connectivity index (χ4v) is 2.22. The van der Waals surface area contributed by atoms with Gasteiger partial charge in [-0.3, -0.25) is 9.59 Å². The van der Waals surface area contributed by atoms with Crippen LogP contribution in [0.3, 0.4) is 0 Å². The number of amides is 2. The third-order valence-corrected chi connectivity index (χ3v) is 3.51. The average molecular weight is 381 g/mol. The average Bonchev–Trinajstić information content (AvgIpc) is 2.72. The van der Waals surface area contributed by atoms with Gasteiger partial charge in [-0.25, -0.2) is 5.43 Å². The molecule has 2 N–H and O–H groups in total. The lowest BCUT2D eigenvalue weighted by Gasteiger charge is -2.11. The first-order chi connectivity index (χ1) is 13.6. The van der Waals surface area contributed by atoms with Crippen LogP contribution in [0.25, 0.3) is 0 Å². The normalized spacial score (nSPS) is 10.3. The molecule has 0 bridgehead atoms. The molecule has 0 heterocycles. The highest BCUT2D eigenvalue weighted by atomic mass is 16.5. The summed E-state index contributed by atoms with van der Waals surface area (Å²) < 4.78 is 11.1. The Labute approximate surface area is 164 Å². The lowest BCUT2D eigenvalue weighted by molar-refractivity contribution is -0.139. The molecule has 0 aliphatic heterocycles. The minimum absolute atomic E-state index is 0.265. The van der Waals surface area contributed by atoms with Gasteiger partial charge < -0.3 is 14.8 Å². The van der Waals surface area contributed by atoms with E-state index in [9.17, 15) is 9.59 Å². The second-order valence-corrected chi connectivity index (χ2v) is 5.61. The smallest absolute Gasteiger partial charge is 0.329 e. The Morgan fingerprint density at radius 2 is 1.86 bits per heavy atom. The maximum Gasteiger partial charge on any atom is 0.329 e. The van der Waals surface area contributed by atoms with Gasteiger partial charge in [-0.2, -0.15) is 5.10 Å². The summed E-state index contributed by atoms with van der Waals surface area (Å²) >= 11 is 0. The van der Waals surface area contributed by atoms with Gasteiger partial charge in [0.1, 0.15) is 6.61 Å². The van der Waals surface area contributed by atoms with Gasteiger partial charge in [-0.1, -0.05) is 43.0 Å². The maximum atomic E-state index is 11.8. The summed E-state index contributed by atoms with van der Waals surface area (Å²) in [5.74, 6) is -0.462. The number of hydrogen-bond acceptors (Lipinski definition) is 5. The second kappa shape index (κ2) is 11.2. The first-order valence-corrected chi connectivity index (χ1v) is 8.79. The number of carbonyl (C=O) groups is 2. The monoisotopic (exact) mass is 381 g/mol. The van der Waals surface area contributed by atoms with Gasteiger partial charge in [0.05, 0.1) is 12.8 Å². The molecule has 0 saturated heterocycles. The summed E-state index contributed by atoms with van der Waals surface area (Å²) in [4.78, 5) is 23.6. The van der Waals surface area contributed by atoms with E-state index in [0.717, 1.165) is 5.56 Å². The van der Waals surface area contributed by atoms with E-state index in [1.54, 1.807) is 24.3 Å². The van der Waals surface area contributed by atoms with Crippen LogP contribution in [0.1, 0.15) is 18.1 Å². The van der Waals surface area contributed by atoms with Crippen LogP contribution in [0.2, 0.25) is 0 Å². The van der Waals surface area contributed by atoms with Gasteiger partial charge in [0.2, 0.25) is 0 Å². The summed E-state index contributed by atoms with van der Waals surface area (Å²) in [7, 11) is 0. The topological polar surface area (TPSA) is 89.0 Å². The van der Waals surface area contributed by atoms with Crippen LogP contribution in [0, 0.1) is 0 Å². The zero-order valence-corrected chi connectivity index (χ0v) is 15.7. The Balaban J connectivity index is 1.89. The van der Waals surface area contributed by atoms with Crippen LogP contribution in [-0.2, 0) is 16.1 Å². The molecular weight excluding hydrogens is 358 g/mol. The molecule has 0 spiro atoms. The van der Waals surface area contributed by atoms with E-state index in [2.05, 4.69) is 22.4 Å². The highest BCUT2D eigenvalue weighted by Crippen LogP contribution is 2.28. The molecule has 2 aromatic rings. The van der Waals surface area contributed by atoms with Crippen molar-refractivity contribution in [2.75, 3.05) is 13.2 Å². The molecule has 146 valence electrons. The number of benzene rings is 2. The Kier molecular flexibility index (Phi) is 8.26. The Morgan fingerprint density at radius 1 is 1.07 bits per heavy atom. The van der Waals surface area contributed by atoms with Crippen molar-refractivity contribution in [2.24, 2.45) is 5.10 Å². The van der Waals surface area contributed by atoms with Crippen molar-refractivity contribution >= 4 is 18.0 Å². The fourth-order valence-electron chi connectivity index (χ4n) is 2.22. The minimum atomic E-state index is -0.844. The first kappa shape index (κ1) is 20.7.